The predicted octanol–water partition coefficient (Wildman–Crippen LogP) is 3.39. The summed E-state index contributed by atoms with van der Waals surface area (Å²) in [5.74, 6) is 0.248. The van der Waals surface area contributed by atoms with Gasteiger partial charge in [0.15, 0.2) is 0 Å². The predicted molar refractivity (Wildman–Crippen MR) is 79.0 cm³/mol. The molecule has 2 aromatic heterocycles. The fraction of sp³-hybridized carbons (Fsp3) is 0.357. The quantitative estimate of drug-likeness (QED) is 0.941. The van der Waals surface area contributed by atoms with Gasteiger partial charge in [0.2, 0.25) is 0 Å². The van der Waals surface area contributed by atoms with Crippen LogP contribution in [0.3, 0.4) is 0 Å². The number of aryl methyl sites for hydroxylation is 1. The highest BCUT2D eigenvalue weighted by molar-refractivity contribution is 7.13. The highest BCUT2D eigenvalue weighted by atomic mass is 32.1. The van der Waals surface area contributed by atoms with E-state index in [0.29, 0.717) is 10.8 Å². The van der Waals surface area contributed by atoms with Crippen molar-refractivity contribution in [3.05, 3.63) is 38.0 Å². The number of thiophene rings is 1. The zero-order chi connectivity index (χ0) is 14.1. The van der Waals surface area contributed by atoms with Crippen molar-refractivity contribution in [1.29, 1.82) is 5.26 Å². The van der Waals surface area contributed by atoms with E-state index < -0.39 is 6.04 Å². The number of hydrogen-bond donors (Lipinski definition) is 1. The fourth-order valence-electron chi connectivity index (χ4n) is 2.07. The topological polar surface area (TPSA) is 65.8 Å². The summed E-state index contributed by atoms with van der Waals surface area (Å²) in [5.41, 5.74) is 1.74. The molecule has 2 aromatic rings. The van der Waals surface area contributed by atoms with Crippen LogP contribution in [0.2, 0.25) is 0 Å². The van der Waals surface area contributed by atoms with Crippen LogP contribution in [0.1, 0.15) is 50.7 Å². The third-order valence-electron chi connectivity index (χ3n) is 3.21. The van der Waals surface area contributed by atoms with Crippen LogP contribution in [0.5, 0.6) is 0 Å². The number of carbonyl (C=O) groups is 1. The van der Waals surface area contributed by atoms with Crippen molar-refractivity contribution in [1.82, 2.24) is 10.3 Å². The van der Waals surface area contributed by atoms with E-state index in [2.05, 4.69) is 16.4 Å². The molecule has 1 atom stereocenters. The molecule has 102 valence electrons. The maximum Gasteiger partial charge on any atom is 0.264 e. The molecule has 20 heavy (non-hydrogen) atoms. The van der Waals surface area contributed by atoms with Crippen molar-refractivity contribution < 1.29 is 4.79 Å². The number of nitrogens with zero attached hydrogens (tertiary/aromatic N) is 2. The zero-order valence-corrected chi connectivity index (χ0v) is 12.6. The van der Waals surface area contributed by atoms with E-state index in [1.54, 1.807) is 0 Å². The molecule has 1 fully saturated rings. The Labute approximate surface area is 125 Å². The first kappa shape index (κ1) is 13.3. The molecule has 2 heterocycles. The molecule has 0 aromatic carbocycles. The van der Waals surface area contributed by atoms with Crippen LogP contribution in [0.4, 0.5) is 0 Å². The van der Waals surface area contributed by atoms with Gasteiger partial charge in [0, 0.05) is 5.92 Å². The average molecular weight is 303 g/mol. The third-order valence-corrected chi connectivity index (χ3v) is 4.90. The summed E-state index contributed by atoms with van der Waals surface area (Å²) in [7, 11) is 0. The molecule has 3 rings (SSSR count). The van der Waals surface area contributed by atoms with Crippen molar-refractivity contribution >= 4 is 28.6 Å². The summed E-state index contributed by atoms with van der Waals surface area (Å²) in [4.78, 5) is 17.5. The molecule has 0 bridgehead atoms. The highest BCUT2D eigenvalue weighted by Crippen LogP contribution is 2.42. The van der Waals surface area contributed by atoms with Gasteiger partial charge < -0.3 is 5.32 Å². The van der Waals surface area contributed by atoms with Crippen molar-refractivity contribution in [2.75, 3.05) is 0 Å². The van der Waals surface area contributed by atoms with Gasteiger partial charge in [0.05, 0.1) is 16.8 Å². The Bertz CT molecular complexity index is 665. The Kier molecular flexibility index (Phi) is 3.55. The van der Waals surface area contributed by atoms with Gasteiger partial charge in [0.1, 0.15) is 10.9 Å². The Morgan fingerprint density at radius 3 is 3.00 bits per heavy atom. The van der Waals surface area contributed by atoms with Crippen LogP contribution in [0, 0.1) is 18.3 Å². The lowest BCUT2D eigenvalue weighted by Crippen LogP contribution is -2.27. The second-order valence-corrected chi connectivity index (χ2v) is 6.80. The lowest BCUT2D eigenvalue weighted by atomic mass is 10.1. The van der Waals surface area contributed by atoms with Crippen LogP contribution in [0.25, 0.3) is 0 Å². The normalized spacial score (nSPS) is 15.6. The van der Waals surface area contributed by atoms with Crippen LogP contribution in [0.15, 0.2) is 16.8 Å². The average Bonchev–Trinajstić information content (AvgIpc) is 2.99. The van der Waals surface area contributed by atoms with Crippen LogP contribution in [-0.2, 0) is 0 Å². The molecule has 0 aliphatic heterocycles. The summed E-state index contributed by atoms with van der Waals surface area (Å²) in [6, 6.07) is 3.40. The van der Waals surface area contributed by atoms with E-state index in [0.717, 1.165) is 29.1 Å². The number of nitriles is 1. The molecule has 1 saturated carbocycles. The van der Waals surface area contributed by atoms with E-state index in [4.69, 9.17) is 0 Å². The molecular weight excluding hydrogens is 290 g/mol. The summed E-state index contributed by atoms with van der Waals surface area (Å²) in [6.07, 6.45) is 2.21. The number of hydrogen-bond acceptors (Lipinski definition) is 5. The molecule has 0 saturated heterocycles. The lowest BCUT2D eigenvalue weighted by molar-refractivity contribution is 0.0948. The van der Waals surface area contributed by atoms with Gasteiger partial charge in [-0.3, -0.25) is 4.79 Å². The van der Waals surface area contributed by atoms with Gasteiger partial charge in [-0.15, -0.1) is 11.3 Å². The fourth-order valence-corrected chi connectivity index (χ4v) is 3.66. The Morgan fingerprint density at radius 2 is 2.40 bits per heavy atom. The monoisotopic (exact) mass is 303 g/mol. The summed E-state index contributed by atoms with van der Waals surface area (Å²) < 4.78 is 0. The maximum absolute atomic E-state index is 12.4. The standard InChI is InChI=1S/C14H13N3OS2/c1-8-16-12(9-2-3-9)13(20-8)14(18)17-11(6-15)10-4-5-19-7-10/h4-5,7,9,11H,2-3H2,1H3,(H,17,18). The molecule has 1 amide bonds. The van der Waals surface area contributed by atoms with E-state index in [9.17, 15) is 10.1 Å². The first-order valence-corrected chi connectivity index (χ1v) is 8.15. The zero-order valence-electron chi connectivity index (χ0n) is 10.9. The smallest absolute Gasteiger partial charge is 0.264 e. The third kappa shape index (κ3) is 2.60. The van der Waals surface area contributed by atoms with Gasteiger partial charge >= 0.3 is 0 Å². The van der Waals surface area contributed by atoms with Gasteiger partial charge in [-0.25, -0.2) is 4.98 Å². The number of rotatable bonds is 4. The van der Waals surface area contributed by atoms with Crippen molar-refractivity contribution in [3.63, 3.8) is 0 Å². The van der Waals surface area contributed by atoms with Gasteiger partial charge in [-0.05, 0) is 42.2 Å². The summed E-state index contributed by atoms with van der Waals surface area (Å²) in [6.45, 7) is 1.91. The minimum atomic E-state index is -0.594. The number of aromatic nitrogens is 1. The molecular formula is C14H13N3OS2. The molecule has 1 aliphatic rings. The summed E-state index contributed by atoms with van der Waals surface area (Å²) in [5, 5.41) is 16.7. The number of thiazole rings is 1. The van der Waals surface area contributed by atoms with Gasteiger partial charge in [0.25, 0.3) is 5.91 Å². The minimum Gasteiger partial charge on any atom is -0.332 e. The minimum absolute atomic E-state index is 0.185. The van der Waals surface area contributed by atoms with E-state index in [1.165, 1.54) is 22.7 Å². The van der Waals surface area contributed by atoms with Gasteiger partial charge in [-0.2, -0.15) is 16.6 Å². The Balaban J connectivity index is 1.81. The first-order chi connectivity index (χ1) is 9.69. The molecule has 1 aliphatic carbocycles. The molecule has 1 unspecified atom stereocenters. The summed E-state index contributed by atoms with van der Waals surface area (Å²) >= 11 is 2.93. The molecule has 0 radical (unpaired) electrons. The number of nitrogens with one attached hydrogen (secondary N) is 1. The molecule has 4 nitrogen and oxygen atoms in total. The van der Waals surface area contributed by atoms with Crippen molar-refractivity contribution in [3.8, 4) is 6.07 Å². The van der Waals surface area contributed by atoms with E-state index >= 15 is 0 Å². The number of carbonyl (C=O) groups excluding carboxylic acids is 1. The van der Waals surface area contributed by atoms with Crippen molar-refractivity contribution in [2.45, 2.75) is 31.7 Å². The van der Waals surface area contributed by atoms with Crippen LogP contribution >= 0.6 is 22.7 Å². The Morgan fingerprint density at radius 1 is 1.60 bits per heavy atom. The lowest BCUT2D eigenvalue weighted by Gasteiger charge is -2.09. The van der Waals surface area contributed by atoms with Crippen LogP contribution < -0.4 is 5.32 Å². The SMILES string of the molecule is Cc1nc(C2CC2)c(C(=O)NC(C#N)c2ccsc2)s1. The largest absolute Gasteiger partial charge is 0.332 e. The highest BCUT2D eigenvalue weighted by Gasteiger charge is 2.32. The first-order valence-electron chi connectivity index (χ1n) is 6.39. The van der Waals surface area contributed by atoms with E-state index in [-0.39, 0.29) is 5.91 Å². The van der Waals surface area contributed by atoms with Crippen molar-refractivity contribution in [2.24, 2.45) is 0 Å². The second-order valence-electron chi connectivity index (χ2n) is 4.81. The Hall–Kier alpha value is -1.71. The molecule has 0 spiro atoms. The van der Waals surface area contributed by atoms with Gasteiger partial charge in [-0.1, -0.05) is 0 Å². The molecule has 1 N–H and O–H groups in total. The number of amides is 1. The second kappa shape index (κ2) is 5.35. The van der Waals surface area contributed by atoms with Crippen LogP contribution in [-0.4, -0.2) is 10.9 Å². The maximum atomic E-state index is 12.4. The van der Waals surface area contributed by atoms with E-state index in [1.807, 2.05) is 23.8 Å². The molecule has 6 heteroatoms.